The zero-order chi connectivity index (χ0) is 68.4. The molecule has 10 rings (SSSR count). The number of ether oxygens (including phenoxy) is 4. The summed E-state index contributed by atoms with van der Waals surface area (Å²) in [6.45, 7) is 9.95. The molecule has 9 aromatic carbocycles. The molecule has 1 amide bonds. The molecular weight excluding hydrogens is 1270 g/mol. The summed E-state index contributed by atoms with van der Waals surface area (Å²) < 4.78 is 21.3. The topological polar surface area (TPSA) is 108 Å². The first-order chi connectivity index (χ1) is 45.8. The lowest BCUT2D eigenvalue weighted by Gasteiger charge is -2.22. The van der Waals surface area contributed by atoms with Gasteiger partial charge in [-0.2, -0.15) is 0 Å². The molecule has 0 aromatic heterocycles. The van der Waals surface area contributed by atoms with Crippen molar-refractivity contribution < 1.29 is 38.1 Å². The average molecular weight is 1360 g/mol. The number of carbonyl (C=O) groups is 4. The van der Waals surface area contributed by atoms with Gasteiger partial charge in [-0.15, -0.1) is 0 Å². The van der Waals surface area contributed by atoms with Gasteiger partial charge in [-0.3, -0.25) is 19.2 Å². The number of ketones is 3. The number of methoxy groups -OCH3 is 4. The van der Waals surface area contributed by atoms with Crippen molar-refractivity contribution in [2.45, 2.75) is 112 Å². The zero-order valence-electron chi connectivity index (χ0n) is 56.0. The fourth-order valence-electron chi connectivity index (χ4n) is 11.4. The molecule has 0 atom stereocenters. The Morgan fingerprint density at radius 2 is 0.737 bits per heavy atom. The van der Waals surface area contributed by atoms with Crippen molar-refractivity contribution in [2.24, 2.45) is 11.8 Å². The number of nitrogens with zero attached hydrogens (tertiary/aromatic N) is 1. The standard InChI is InChI=1S/C22H25ClO2.C22H19ClO2.C19H22ClNO2.C19H21ClO2/c2*1-25-15-19-14-18(22(24)13-16-5-3-2-4-6-16)9-12-21(19)17-7-10-20(23)11-8-17;1-13(2)21(3)19(22)15-7-10-18(16(11-15)12-23-4)14-5-8-17(20)9-6-14;1-13(2)10-19(21)15-6-9-18(16(11-15)12-22-3)14-4-7-17(20)8-5-14/h7-12,14,16H,2-6,13,15H2,1H3;2-12,14H,13,15H2,1H3;5-11,13H,12H2,1-4H3;4-9,11,13H,10,12H2,1-3H3. The van der Waals surface area contributed by atoms with Gasteiger partial charge in [-0.25, -0.2) is 0 Å². The van der Waals surface area contributed by atoms with Gasteiger partial charge in [-0.05, 0) is 177 Å². The molecule has 0 bridgehead atoms. The van der Waals surface area contributed by atoms with Crippen LogP contribution in [0.1, 0.15) is 142 Å². The van der Waals surface area contributed by atoms with Crippen LogP contribution in [0.2, 0.25) is 20.1 Å². The maximum Gasteiger partial charge on any atom is 0.253 e. The van der Waals surface area contributed by atoms with Crippen LogP contribution in [0.4, 0.5) is 0 Å². The van der Waals surface area contributed by atoms with Crippen molar-refractivity contribution in [1.82, 2.24) is 4.90 Å². The minimum absolute atomic E-state index is 0.0139. The number of amides is 1. The Bertz CT molecular complexity index is 3920. The summed E-state index contributed by atoms with van der Waals surface area (Å²) in [5, 5.41) is 2.83. The third-order valence-corrected chi connectivity index (χ3v) is 17.6. The molecule has 13 heteroatoms. The Morgan fingerprint density at radius 3 is 1.07 bits per heavy atom. The van der Waals surface area contributed by atoms with E-state index >= 15 is 0 Å². The summed E-state index contributed by atoms with van der Waals surface area (Å²) in [6.07, 6.45) is 7.87. The van der Waals surface area contributed by atoms with E-state index < -0.39 is 0 Å². The largest absolute Gasteiger partial charge is 0.380 e. The summed E-state index contributed by atoms with van der Waals surface area (Å²) in [4.78, 5) is 51.8. The summed E-state index contributed by atoms with van der Waals surface area (Å²) in [5.74, 6) is 1.46. The molecule has 95 heavy (non-hydrogen) atoms. The lowest BCUT2D eigenvalue weighted by molar-refractivity contribution is 0.0753. The van der Waals surface area contributed by atoms with Crippen molar-refractivity contribution in [1.29, 1.82) is 0 Å². The highest BCUT2D eigenvalue weighted by atomic mass is 35.5. The van der Waals surface area contributed by atoms with E-state index in [9.17, 15) is 19.2 Å². The van der Waals surface area contributed by atoms with Crippen molar-refractivity contribution in [3.05, 3.63) is 270 Å². The molecule has 9 aromatic rings. The van der Waals surface area contributed by atoms with Gasteiger partial charge < -0.3 is 23.8 Å². The predicted molar refractivity (Wildman–Crippen MR) is 391 cm³/mol. The molecule has 0 heterocycles. The van der Waals surface area contributed by atoms with Gasteiger partial charge in [0.2, 0.25) is 0 Å². The van der Waals surface area contributed by atoms with Crippen LogP contribution in [-0.2, 0) is 51.8 Å². The van der Waals surface area contributed by atoms with E-state index in [0.29, 0.717) is 83.7 Å². The van der Waals surface area contributed by atoms with E-state index in [4.69, 9.17) is 65.4 Å². The first kappa shape index (κ1) is 74.8. The molecule has 9 nitrogen and oxygen atoms in total. The molecule has 1 aliphatic rings. The van der Waals surface area contributed by atoms with Gasteiger partial charge in [0.25, 0.3) is 5.91 Å². The Hall–Kier alpha value is -7.54. The number of halogens is 4. The second-order valence-corrected chi connectivity index (χ2v) is 26.2. The van der Waals surface area contributed by atoms with Gasteiger partial charge in [-0.1, -0.05) is 214 Å². The minimum Gasteiger partial charge on any atom is -0.380 e. The Morgan fingerprint density at radius 1 is 0.411 bits per heavy atom. The van der Waals surface area contributed by atoms with Crippen LogP contribution in [0.5, 0.6) is 0 Å². The van der Waals surface area contributed by atoms with Gasteiger partial charge >= 0.3 is 0 Å². The van der Waals surface area contributed by atoms with Gasteiger partial charge in [0.1, 0.15) is 0 Å². The third kappa shape index (κ3) is 22.8. The monoisotopic (exact) mass is 1350 g/mol. The quantitative estimate of drug-likeness (QED) is 0.0583. The predicted octanol–water partition coefficient (Wildman–Crippen LogP) is 21.9. The SMILES string of the molecule is COCc1cc(C(=O)CC(C)C)ccc1-c1ccc(Cl)cc1.COCc1cc(C(=O)CC2CCCCC2)ccc1-c1ccc(Cl)cc1.COCc1cc(C(=O)Cc2ccccc2)ccc1-c1ccc(Cl)cc1.COCc1cc(C(=O)N(C)C(C)C)ccc1-c1ccc(Cl)cc1. The van der Waals surface area contributed by atoms with Gasteiger partial charge in [0.05, 0.1) is 26.4 Å². The van der Waals surface area contributed by atoms with Crippen molar-refractivity contribution in [2.75, 3.05) is 35.5 Å². The molecule has 0 radical (unpaired) electrons. The Balaban J connectivity index is 0.000000179. The fraction of sp³-hybridized carbons (Fsp3) is 0.293. The number of benzene rings is 9. The first-order valence-electron chi connectivity index (χ1n) is 32.2. The summed E-state index contributed by atoms with van der Waals surface area (Å²) in [7, 11) is 8.47. The minimum atomic E-state index is 0.0139. The molecule has 0 saturated heterocycles. The summed E-state index contributed by atoms with van der Waals surface area (Å²) in [6, 6.07) is 64.1. The van der Waals surface area contributed by atoms with Crippen LogP contribution in [0.3, 0.4) is 0 Å². The molecule has 0 aliphatic heterocycles. The lowest BCUT2D eigenvalue weighted by atomic mass is 9.84. The fourth-order valence-corrected chi connectivity index (χ4v) is 11.9. The number of hydrogen-bond acceptors (Lipinski definition) is 8. The maximum atomic E-state index is 12.7. The highest BCUT2D eigenvalue weighted by Crippen LogP contribution is 2.34. The van der Waals surface area contributed by atoms with E-state index in [1.165, 1.54) is 32.1 Å². The maximum absolute atomic E-state index is 12.7. The van der Waals surface area contributed by atoms with Gasteiger partial charge in [0, 0.05) is 103 Å². The molecule has 0 spiro atoms. The lowest BCUT2D eigenvalue weighted by Crippen LogP contribution is -2.33. The normalized spacial score (nSPS) is 12.0. The third-order valence-electron chi connectivity index (χ3n) is 16.5. The molecule has 1 aliphatic carbocycles. The first-order valence-corrected chi connectivity index (χ1v) is 33.7. The molecule has 0 N–H and O–H groups in total. The molecule has 0 unspecified atom stereocenters. The number of Topliss-reactive ketones (excluding diaryl/α,β-unsaturated/α-hetero) is 3. The van der Waals surface area contributed by atoms with E-state index in [1.807, 2.05) is 221 Å². The van der Waals surface area contributed by atoms with Crippen LogP contribution in [0, 0.1) is 11.8 Å². The zero-order valence-corrected chi connectivity index (χ0v) is 59.0. The van der Waals surface area contributed by atoms with Crippen LogP contribution < -0.4 is 0 Å². The smallest absolute Gasteiger partial charge is 0.253 e. The number of rotatable bonds is 23. The Kier molecular flexibility index (Phi) is 30.1. The van der Waals surface area contributed by atoms with Gasteiger partial charge in [0.15, 0.2) is 17.3 Å². The van der Waals surface area contributed by atoms with Crippen LogP contribution in [-0.4, -0.2) is 69.7 Å². The average Bonchev–Trinajstić information content (AvgIpc) is 0.868. The number of hydrogen-bond donors (Lipinski definition) is 0. The van der Waals surface area contributed by atoms with Crippen LogP contribution >= 0.6 is 46.4 Å². The van der Waals surface area contributed by atoms with E-state index in [2.05, 4.69) is 13.8 Å². The highest BCUT2D eigenvalue weighted by molar-refractivity contribution is 6.31. The van der Waals surface area contributed by atoms with E-state index in [1.54, 1.807) is 33.3 Å². The van der Waals surface area contributed by atoms with E-state index in [-0.39, 0.29) is 29.3 Å². The summed E-state index contributed by atoms with van der Waals surface area (Å²) >= 11 is 23.9. The molecule has 1 fully saturated rings. The second-order valence-electron chi connectivity index (χ2n) is 24.5. The number of carbonyl (C=O) groups excluding carboxylic acids is 4. The van der Waals surface area contributed by atoms with Crippen molar-refractivity contribution in [3.8, 4) is 44.5 Å². The van der Waals surface area contributed by atoms with Crippen LogP contribution in [0.25, 0.3) is 44.5 Å². The second kappa shape index (κ2) is 38.3. The molecular formula is C82H87Cl4NO8. The van der Waals surface area contributed by atoms with Crippen LogP contribution in [0.15, 0.2) is 200 Å². The Labute approximate surface area is 582 Å². The highest BCUT2D eigenvalue weighted by Gasteiger charge is 2.21. The van der Waals surface area contributed by atoms with Crippen molar-refractivity contribution >= 4 is 69.7 Å². The molecule has 496 valence electrons. The summed E-state index contributed by atoms with van der Waals surface area (Å²) in [5.41, 5.74) is 16.5. The van der Waals surface area contributed by atoms with E-state index in [0.717, 1.165) is 88.5 Å². The van der Waals surface area contributed by atoms with Crippen molar-refractivity contribution in [3.63, 3.8) is 0 Å². The molecule has 1 saturated carbocycles.